The van der Waals surface area contributed by atoms with Crippen LogP contribution in [0.5, 0.6) is 0 Å². The molecule has 0 aromatic heterocycles. The van der Waals surface area contributed by atoms with Crippen LogP contribution in [0.4, 0.5) is 0 Å². The van der Waals surface area contributed by atoms with Gasteiger partial charge in [0.2, 0.25) is 0 Å². The normalized spacial score (nSPS) is 12.6. The van der Waals surface area contributed by atoms with Gasteiger partial charge >= 0.3 is 17.9 Å². The van der Waals surface area contributed by atoms with Crippen molar-refractivity contribution in [1.82, 2.24) is 0 Å². The second-order valence-electron chi connectivity index (χ2n) is 21.7. The third kappa shape index (κ3) is 61.4. The summed E-state index contributed by atoms with van der Waals surface area (Å²) in [6, 6.07) is 0. The number of ether oxygens (including phenoxy) is 3. The van der Waals surface area contributed by atoms with Gasteiger partial charge in [-0.15, -0.1) is 0 Å². The number of unbranched alkanes of at least 4 members (excludes halogenated alkanes) is 35. The molecule has 0 N–H and O–H groups in total. The minimum Gasteiger partial charge on any atom is -0.462 e. The van der Waals surface area contributed by atoms with Crippen molar-refractivity contribution in [2.75, 3.05) is 13.2 Å². The van der Waals surface area contributed by atoms with Crippen molar-refractivity contribution in [2.45, 2.75) is 329 Å². The van der Waals surface area contributed by atoms with Crippen molar-refractivity contribution < 1.29 is 28.6 Å². The summed E-state index contributed by atoms with van der Waals surface area (Å²) in [6.07, 6.45) is 84.9. The third-order valence-electron chi connectivity index (χ3n) is 14.2. The van der Waals surface area contributed by atoms with Crippen molar-refractivity contribution in [3.8, 4) is 0 Å². The molecule has 0 saturated heterocycles. The maximum Gasteiger partial charge on any atom is 0.309 e. The topological polar surface area (TPSA) is 78.9 Å². The lowest BCUT2D eigenvalue weighted by Crippen LogP contribution is -2.30. The molecule has 438 valence electrons. The molecule has 0 heterocycles. The maximum atomic E-state index is 12.9. The van der Waals surface area contributed by atoms with Crippen LogP contribution >= 0.6 is 0 Å². The van der Waals surface area contributed by atoms with Gasteiger partial charge in [-0.25, -0.2) is 0 Å². The van der Waals surface area contributed by atoms with Crippen molar-refractivity contribution in [1.29, 1.82) is 0 Å². The number of esters is 3. The van der Waals surface area contributed by atoms with E-state index in [1.807, 2.05) is 6.08 Å². The lowest BCUT2D eigenvalue weighted by Gasteiger charge is -2.18. The smallest absolute Gasteiger partial charge is 0.309 e. The summed E-state index contributed by atoms with van der Waals surface area (Å²) in [5, 5.41) is 0. The van der Waals surface area contributed by atoms with Gasteiger partial charge < -0.3 is 14.2 Å². The van der Waals surface area contributed by atoms with Crippen LogP contribution in [0, 0.1) is 0 Å². The van der Waals surface area contributed by atoms with Gasteiger partial charge in [0.1, 0.15) is 13.2 Å². The highest BCUT2D eigenvalue weighted by molar-refractivity contribution is 5.72. The lowest BCUT2D eigenvalue weighted by atomic mass is 10.0. The largest absolute Gasteiger partial charge is 0.462 e. The van der Waals surface area contributed by atoms with Gasteiger partial charge in [-0.05, 0) is 77.0 Å². The number of rotatable bonds is 59. The molecule has 0 aromatic rings. The Morgan fingerprint density at radius 2 is 0.566 bits per heavy atom. The molecular formula is C70H122O6. The van der Waals surface area contributed by atoms with Crippen LogP contribution in [0.2, 0.25) is 0 Å². The van der Waals surface area contributed by atoms with E-state index < -0.39 is 12.1 Å². The van der Waals surface area contributed by atoms with Crippen LogP contribution in [0.25, 0.3) is 0 Å². The van der Waals surface area contributed by atoms with E-state index in [1.165, 1.54) is 186 Å². The Hall–Kier alpha value is -3.41. The van der Waals surface area contributed by atoms with Crippen LogP contribution < -0.4 is 0 Å². The van der Waals surface area contributed by atoms with E-state index in [0.717, 1.165) is 96.3 Å². The molecule has 0 aliphatic carbocycles. The summed E-state index contributed by atoms with van der Waals surface area (Å²) in [4.78, 5) is 38.2. The van der Waals surface area contributed by atoms with Crippen molar-refractivity contribution >= 4 is 17.9 Å². The molecule has 0 rings (SSSR count). The van der Waals surface area contributed by atoms with Crippen LogP contribution in [-0.2, 0) is 28.6 Å². The Kier molecular flexibility index (Phi) is 61.2. The zero-order valence-electron chi connectivity index (χ0n) is 50.3. The minimum atomic E-state index is -0.824. The molecule has 0 radical (unpaired) electrons. The highest BCUT2D eigenvalue weighted by Crippen LogP contribution is 2.17. The quantitative estimate of drug-likeness (QED) is 0.0261. The summed E-state index contributed by atoms with van der Waals surface area (Å²) < 4.78 is 16.8. The van der Waals surface area contributed by atoms with Crippen LogP contribution in [-0.4, -0.2) is 37.2 Å². The van der Waals surface area contributed by atoms with Crippen LogP contribution in [0.1, 0.15) is 323 Å². The first-order valence-corrected chi connectivity index (χ1v) is 32.6. The summed E-state index contributed by atoms with van der Waals surface area (Å²) in [5.41, 5.74) is 0. The first-order valence-electron chi connectivity index (χ1n) is 32.6. The van der Waals surface area contributed by atoms with E-state index in [-0.39, 0.29) is 31.6 Å². The number of carbonyl (C=O) groups excluding carboxylic acids is 3. The Morgan fingerprint density at radius 1 is 0.289 bits per heavy atom. The van der Waals surface area contributed by atoms with Gasteiger partial charge in [0.15, 0.2) is 6.10 Å². The number of hydrogen-bond acceptors (Lipinski definition) is 6. The van der Waals surface area contributed by atoms with Crippen molar-refractivity contribution in [3.05, 3.63) is 85.1 Å². The summed E-state index contributed by atoms with van der Waals surface area (Å²) >= 11 is 0. The molecule has 0 aliphatic rings. The van der Waals surface area contributed by atoms with Crippen molar-refractivity contribution in [2.24, 2.45) is 0 Å². The SMILES string of the molecule is CC/C=C\C/C=C\C/C=C\C/C=C\C/C=C\CC(=O)OCC(COC(=O)CCCCCCCCCCCCCCCCCCCCCCCCCCCCC)OC(=O)CCCCCCC/C=C\C/C=C\CCCCCC. The summed E-state index contributed by atoms with van der Waals surface area (Å²) in [5.74, 6) is -1.05. The molecular weight excluding hydrogens is 937 g/mol. The predicted octanol–water partition coefficient (Wildman–Crippen LogP) is 22.3. The second-order valence-corrected chi connectivity index (χ2v) is 21.7. The monoisotopic (exact) mass is 1060 g/mol. The lowest BCUT2D eigenvalue weighted by molar-refractivity contribution is -0.166. The highest BCUT2D eigenvalue weighted by Gasteiger charge is 2.19. The number of hydrogen-bond donors (Lipinski definition) is 0. The second kappa shape index (κ2) is 64.1. The molecule has 0 amide bonds. The van der Waals surface area contributed by atoms with Crippen LogP contribution in [0.15, 0.2) is 85.1 Å². The van der Waals surface area contributed by atoms with Crippen LogP contribution in [0.3, 0.4) is 0 Å². The van der Waals surface area contributed by atoms with E-state index in [2.05, 4.69) is 93.7 Å². The van der Waals surface area contributed by atoms with Gasteiger partial charge in [-0.1, -0.05) is 311 Å². The molecule has 6 heteroatoms. The van der Waals surface area contributed by atoms with Gasteiger partial charge in [-0.2, -0.15) is 0 Å². The number of allylic oxidation sites excluding steroid dienone is 13. The average molecular weight is 1060 g/mol. The Bertz CT molecular complexity index is 1450. The molecule has 1 atom stereocenters. The highest BCUT2D eigenvalue weighted by atomic mass is 16.6. The summed E-state index contributed by atoms with van der Waals surface area (Å²) in [7, 11) is 0. The van der Waals surface area contributed by atoms with Gasteiger partial charge in [0.25, 0.3) is 0 Å². The zero-order valence-corrected chi connectivity index (χ0v) is 50.3. The minimum absolute atomic E-state index is 0.110. The van der Waals surface area contributed by atoms with E-state index in [1.54, 1.807) is 6.08 Å². The molecule has 6 nitrogen and oxygen atoms in total. The Labute approximate surface area is 471 Å². The molecule has 0 bridgehead atoms. The van der Waals surface area contributed by atoms with E-state index in [0.29, 0.717) is 12.8 Å². The van der Waals surface area contributed by atoms with Gasteiger partial charge in [0, 0.05) is 12.8 Å². The standard InChI is InChI=1S/C70H122O6/c1-4-7-10-13-16-19-22-25-28-30-31-32-33-34-35-36-37-38-39-40-43-45-48-51-54-57-60-63-69(72)75-66-67(65-74-68(71)62-59-56-53-50-47-44-41-27-24-21-18-15-12-9-6-3)76-70(73)64-61-58-55-52-49-46-42-29-26-23-20-17-14-11-8-5-2/h9,12,18,20-21,23,27,29,41-42,47,50,56,59,67H,4-8,10-11,13-17,19,22,24-26,28,30-40,43-46,48-49,51-55,57-58,60-66H2,1-3H3/b12-9-,21-18-,23-20-,41-27-,42-29-,50-47-,59-56-. The molecule has 0 spiro atoms. The van der Waals surface area contributed by atoms with Gasteiger partial charge in [-0.3, -0.25) is 14.4 Å². The van der Waals surface area contributed by atoms with Crippen molar-refractivity contribution in [3.63, 3.8) is 0 Å². The zero-order chi connectivity index (χ0) is 55.0. The van der Waals surface area contributed by atoms with Gasteiger partial charge in [0.05, 0.1) is 6.42 Å². The molecule has 0 aliphatic heterocycles. The molecule has 1 unspecified atom stereocenters. The van der Waals surface area contributed by atoms with E-state index in [9.17, 15) is 14.4 Å². The maximum absolute atomic E-state index is 12.9. The molecule has 0 saturated carbocycles. The molecule has 76 heavy (non-hydrogen) atoms. The Morgan fingerprint density at radius 3 is 0.934 bits per heavy atom. The average Bonchev–Trinajstić information content (AvgIpc) is 3.42. The third-order valence-corrected chi connectivity index (χ3v) is 14.2. The molecule has 0 aromatic carbocycles. The fraction of sp³-hybridized carbons (Fsp3) is 0.757. The summed E-state index contributed by atoms with van der Waals surface area (Å²) in [6.45, 7) is 6.45. The predicted molar refractivity (Wildman–Crippen MR) is 330 cm³/mol. The first-order chi connectivity index (χ1) is 37.5. The fourth-order valence-electron chi connectivity index (χ4n) is 9.31. The number of carbonyl (C=O) groups is 3. The fourth-order valence-corrected chi connectivity index (χ4v) is 9.31. The van der Waals surface area contributed by atoms with E-state index >= 15 is 0 Å². The molecule has 0 fully saturated rings. The first kappa shape index (κ1) is 72.6. The Balaban J connectivity index is 4.32. The van der Waals surface area contributed by atoms with E-state index in [4.69, 9.17) is 14.2 Å².